The molecule has 0 saturated carbocycles. The van der Waals surface area contributed by atoms with Gasteiger partial charge in [0.1, 0.15) is 5.82 Å². The number of nitrogens with one attached hydrogen (secondary N) is 1. The van der Waals surface area contributed by atoms with E-state index in [1.165, 1.54) is 0 Å². The molecule has 5 heteroatoms. The van der Waals surface area contributed by atoms with Crippen molar-refractivity contribution < 1.29 is 9.47 Å². The highest BCUT2D eigenvalue weighted by atomic mass is 16.5. The lowest BCUT2D eigenvalue weighted by molar-refractivity contribution is 0.0688. The van der Waals surface area contributed by atoms with Crippen molar-refractivity contribution in [1.82, 2.24) is 15.3 Å². The number of unbranched alkanes of at least 4 members (excludes halogenated alkanes) is 1. The number of aryl methyl sites for hydroxylation is 1. The second-order valence-corrected chi connectivity index (χ2v) is 4.08. The first-order chi connectivity index (χ1) is 8.83. The molecule has 1 rings (SSSR count). The maximum atomic E-state index is 5.38. The summed E-state index contributed by atoms with van der Waals surface area (Å²) >= 11 is 0. The van der Waals surface area contributed by atoms with Gasteiger partial charge in [-0.05, 0) is 32.4 Å². The molecule has 0 bridgehead atoms. The molecule has 1 aromatic rings. The van der Waals surface area contributed by atoms with Gasteiger partial charge in [-0.3, -0.25) is 0 Å². The quantitative estimate of drug-likeness (QED) is 0.637. The Hall–Kier alpha value is -1.04. The summed E-state index contributed by atoms with van der Waals surface area (Å²) < 4.78 is 10.3. The van der Waals surface area contributed by atoms with E-state index in [1.807, 2.05) is 13.0 Å². The monoisotopic (exact) mass is 253 g/mol. The van der Waals surface area contributed by atoms with Crippen molar-refractivity contribution in [2.24, 2.45) is 0 Å². The van der Waals surface area contributed by atoms with E-state index in [1.54, 1.807) is 13.3 Å². The van der Waals surface area contributed by atoms with Gasteiger partial charge >= 0.3 is 0 Å². The summed E-state index contributed by atoms with van der Waals surface area (Å²) in [6, 6.07) is 1.94. The molecule has 0 amide bonds. The number of hydrogen-bond donors (Lipinski definition) is 1. The average molecular weight is 253 g/mol. The SMILES string of the molecule is COCCOCCCCNCc1ccnc(C)n1. The van der Waals surface area contributed by atoms with Crippen LogP contribution in [-0.2, 0) is 16.0 Å². The molecule has 0 atom stereocenters. The maximum Gasteiger partial charge on any atom is 0.125 e. The summed E-state index contributed by atoms with van der Waals surface area (Å²) in [4.78, 5) is 8.40. The Morgan fingerprint density at radius 3 is 2.89 bits per heavy atom. The Morgan fingerprint density at radius 1 is 1.22 bits per heavy atom. The van der Waals surface area contributed by atoms with E-state index >= 15 is 0 Å². The van der Waals surface area contributed by atoms with Gasteiger partial charge in [-0.1, -0.05) is 0 Å². The van der Waals surface area contributed by atoms with Crippen molar-refractivity contribution in [3.63, 3.8) is 0 Å². The third-order valence-electron chi connectivity index (χ3n) is 2.46. The molecule has 1 aromatic heterocycles. The molecule has 102 valence electrons. The van der Waals surface area contributed by atoms with E-state index in [2.05, 4.69) is 15.3 Å². The maximum absolute atomic E-state index is 5.38. The summed E-state index contributed by atoms with van der Waals surface area (Å²) in [7, 11) is 1.68. The highest BCUT2D eigenvalue weighted by Gasteiger charge is 1.95. The van der Waals surface area contributed by atoms with Crippen LogP contribution >= 0.6 is 0 Å². The second-order valence-electron chi connectivity index (χ2n) is 4.08. The van der Waals surface area contributed by atoms with Crippen molar-refractivity contribution in [3.05, 3.63) is 23.8 Å². The molecule has 5 nitrogen and oxygen atoms in total. The minimum absolute atomic E-state index is 0.672. The minimum Gasteiger partial charge on any atom is -0.382 e. The summed E-state index contributed by atoms with van der Waals surface area (Å²) in [6.45, 7) is 5.85. The van der Waals surface area contributed by atoms with Crippen LogP contribution in [0.15, 0.2) is 12.3 Å². The standard InChI is InChI=1S/C13H23N3O2/c1-12-15-7-5-13(16-12)11-14-6-3-4-8-18-10-9-17-2/h5,7,14H,3-4,6,8-11H2,1-2H3. The van der Waals surface area contributed by atoms with E-state index in [0.717, 1.165) is 44.1 Å². The first-order valence-corrected chi connectivity index (χ1v) is 6.39. The third-order valence-corrected chi connectivity index (χ3v) is 2.46. The largest absolute Gasteiger partial charge is 0.382 e. The zero-order chi connectivity index (χ0) is 13.1. The van der Waals surface area contributed by atoms with Gasteiger partial charge in [0, 0.05) is 26.5 Å². The first-order valence-electron chi connectivity index (χ1n) is 6.39. The Kier molecular flexibility index (Phi) is 8.29. The number of ether oxygens (including phenoxy) is 2. The van der Waals surface area contributed by atoms with Gasteiger partial charge in [0.25, 0.3) is 0 Å². The molecule has 0 spiro atoms. The molecule has 0 aromatic carbocycles. The second kappa shape index (κ2) is 9.94. The first kappa shape index (κ1) is 15.0. The molecule has 0 unspecified atom stereocenters. The topological polar surface area (TPSA) is 56.3 Å². The fourth-order valence-electron chi connectivity index (χ4n) is 1.52. The van der Waals surface area contributed by atoms with Gasteiger partial charge in [0.15, 0.2) is 0 Å². The number of hydrogen-bond acceptors (Lipinski definition) is 5. The summed E-state index contributed by atoms with van der Waals surface area (Å²) in [6.07, 6.45) is 3.97. The number of aromatic nitrogens is 2. The van der Waals surface area contributed by atoms with E-state index in [-0.39, 0.29) is 0 Å². The number of nitrogens with zero attached hydrogens (tertiary/aromatic N) is 2. The molecule has 0 fully saturated rings. The molecule has 0 aliphatic carbocycles. The molecular weight excluding hydrogens is 230 g/mol. The van der Waals surface area contributed by atoms with E-state index in [0.29, 0.717) is 13.2 Å². The van der Waals surface area contributed by atoms with E-state index in [4.69, 9.17) is 9.47 Å². The molecule has 1 N–H and O–H groups in total. The molecule has 0 radical (unpaired) electrons. The van der Waals surface area contributed by atoms with Crippen LogP contribution in [0.1, 0.15) is 24.4 Å². The van der Waals surface area contributed by atoms with Gasteiger partial charge in [-0.25, -0.2) is 9.97 Å². The van der Waals surface area contributed by atoms with Crippen LogP contribution in [0.25, 0.3) is 0 Å². The lowest BCUT2D eigenvalue weighted by Gasteiger charge is -2.05. The predicted octanol–water partition coefficient (Wildman–Crippen LogP) is 1.32. The van der Waals surface area contributed by atoms with Gasteiger partial charge < -0.3 is 14.8 Å². The Labute approximate surface area is 109 Å². The fourth-order valence-corrected chi connectivity index (χ4v) is 1.52. The van der Waals surface area contributed by atoms with Crippen molar-refractivity contribution in [3.8, 4) is 0 Å². The minimum atomic E-state index is 0.672. The molecule has 1 heterocycles. The molecule has 0 aliphatic heterocycles. The van der Waals surface area contributed by atoms with Crippen LogP contribution in [0.4, 0.5) is 0 Å². The lowest BCUT2D eigenvalue weighted by atomic mass is 10.3. The van der Waals surface area contributed by atoms with Crippen molar-refractivity contribution >= 4 is 0 Å². The van der Waals surface area contributed by atoms with Crippen molar-refractivity contribution in [2.45, 2.75) is 26.3 Å². The summed E-state index contributed by atoms with van der Waals surface area (Å²) in [5.41, 5.74) is 1.04. The van der Waals surface area contributed by atoms with Crippen LogP contribution in [0.5, 0.6) is 0 Å². The average Bonchev–Trinajstić information content (AvgIpc) is 2.37. The van der Waals surface area contributed by atoms with Crippen LogP contribution in [-0.4, -0.2) is 43.4 Å². The predicted molar refractivity (Wildman–Crippen MR) is 70.4 cm³/mol. The Balaban J connectivity index is 1.92. The Morgan fingerprint density at radius 2 is 2.11 bits per heavy atom. The van der Waals surface area contributed by atoms with Gasteiger partial charge in [-0.15, -0.1) is 0 Å². The lowest BCUT2D eigenvalue weighted by Crippen LogP contribution is -2.16. The van der Waals surface area contributed by atoms with E-state index < -0.39 is 0 Å². The number of rotatable bonds is 10. The molecular formula is C13H23N3O2. The zero-order valence-corrected chi connectivity index (χ0v) is 11.3. The van der Waals surface area contributed by atoms with Crippen LogP contribution in [0.3, 0.4) is 0 Å². The van der Waals surface area contributed by atoms with Crippen LogP contribution in [0.2, 0.25) is 0 Å². The third kappa shape index (κ3) is 7.32. The smallest absolute Gasteiger partial charge is 0.125 e. The highest BCUT2D eigenvalue weighted by Crippen LogP contribution is 1.95. The fraction of sp³-hybridized carbons (Fsp3) is 0.692. The van der Waals surface area contributed by atoms with Crippen molar-refractivity contribution in [2.75, 3.05) is 33.5 Å². The normalized spacial score (nSPS) is 10.8. The molecule has 0 saturated heterocycles. The Bertz CT molecular complexity index is 321. The number of methoxy groups -OCH3 is 1. The summed E-state index contributed by atoms with van der Waals surface area (Å²) in [5, 5.41) is 3.36. The van der Waals surface area contributed by atoms with Crippen molar-refractivity contribution in [1.29, 1.82) is 0 Å². The summed E-state index contributed by atoms with van der Waals surface area (Å²) in [5.74, 6) is 0.820. The molecule has 18 heavy (non-hydrogen) atoms. The van der Waals surface area contributed by atoms with Gasteiger partial charge in [0.2, 0.25) is 0 Å². The van der Waals surface area contributed by atoms with Crippen LogP contribution in [0, 0.1) is 6.92 Å². The highest BCUT2D eigenvalue weighted by molar-refractivity contribution is 5.00. The van der Waals surface area contributed by atoms with Gasteiger partial charge in [-0.2, -0.15) is 0 Å². The van der Waals surface area contributed by atoms with E-state index in [9.17, 15) is 0 Å². The van der Waals surface area contributed by atoms with Crippen LogP contribution < -0.4 is 5.32 Å². The zero-order valence-electron chi connectivity index (χ0n) is 11.3. The molecule has 0 aliphatic rings. The van der Waals surface area contributed by atoms with Gasteiger partial charge in [0.05, 0.1) is 18.9 Å².